The lowest BCUT2D eigenvalue weighted by molar-refractivity contribution is 0.128. The molecule has 1 N–H and O–H groups in total. The number of para-hydroxylation sites is 1. The lowest BCUT2D eigenvalue weighted by Crippen LogP contribution is -2.49. The van der Waals surface area contributed by atoms with E-state index < -0.39 is 0 Å². The first-order valence-corrected chi connectivity index (χ1v) is 10.8. The summed E-state index contributed by atoms with van der Waals surface area (Å²) in [5.41, 5.74) is 5.47. The van der Waals surface area contributed by atoms with Gasteiger partial charge in [0.15, 0.2) is 0 Å². The van der Waals surface area contributed by atoms with Crippen LogP contribution in [0.25, 0.3) is 6.08 Å². The predicted molar refractivity (Wildman–Crippen MR) is 120 cm³/mol. The fourth-order valence-electron chi connectivity index (χ4n) is 4.48. The van der Waals surface area contributed by atoms with Gasteiger partial charge in [-0.1, -0.05) is 55.1 Å². The normalized spacial score (nSPS) is 19.9. The van der Waals surface area contributed by atoms with Gasteiger partial charge in [0.2, 0.25) is 0 Å². The minimum Gasteiger partial charge on any atom is -0.380 e. The molecule has 1 atom stereocenters. The highest BCUT2D eigenvalue weighted by Gasteiger charge is 2.24. The van der Waals surface area contributed by atoms with E-state index in [-0.39, 0.29) is 0 Å². The van der Waals surface area contributed by atoms with Crippen molar-refractivity contribution in [2.24, 2.45) is 0 Å². The molecule has 4 rings (SSSR count). The van der Waals surface area contributed by atoms with E-state index in [9.17, 15) is 0 Å². The van der Waals surface area contributed by atoms with Crippen LogP contribution in [0.4, 0.5) is 5.69 Å². The molecule has 2 heterocycles. The molecule has 0 bridgehead atoms. The maximum Gasteiger partial charge on any atom is 0.0429 e. The molecule has 0 amide bonds. The molecule has 148 valence electrons. The van der Waals surface area contributed by atoms with Gasteiger partial charge >= 0.3 is 0 Å². The molecule has 0 aromatic heterocycles. The van der Waals surface area contributed by atoms with Crippen LogP contribution in [0.3, 0.4) is 0 Å². The number of piperazine rings is 1. The van der Waals surface area contributed by atoms with Gasteiger partial charge in [0.25, 0.3) is 0 Å². The molecule has 28 heavy (non-hydrogen) atoms. The topological polar surface area (TPSA) is 18.5 Å². The summed E-state index contributed by atoms with van der Waals surface area (Å²) in [7, 11) is 0. The summed E-state index contributed by atoms with van der Waals surface area (Å²) in [6, 6.07) is 18.1. The number of benzene rings is 2. The average molecular weight is 376 g/mol. The number of fused-ring (bicyclic) bond motifs is 1. The minimum atomic E-state index is 0.580. The first-order valence-electron chi connectivity index (χ1n) is 10.8. The van der Waals surface area contributed by atoms with Gasteiger partial charge in [-0.05, 0) is 55.0 Å². The first-order chi connectivity index (χ1) is 13.8. The number of rotatable bonds is 8. The summed E-state index contributed by atoms with van der Waals surface area (Å²) < 4.78 is 0. The zero-order valence-corrected chi connectivity index (χ0v) is 16.9. The van der Waals surface area contributed by atoms with Crippen molar-refractivity contribution < 1.29 is 0 Å². The number of anilines is 1. The number of nitrogens with zero attached hydrogens (tertiary/aromatic N) is 2. The number of nitrogens with one attached hydrogen (secondary N) is 1. The molecule has 2 aliphatic heterocycles. The third-order valence-corrected chi connectivity index (χ3v) is 6.19. The van der Waals surface area contributed by atoms with Crippen LogP contribution < -0.4 is 5.32 Å². The van der Waals surface area contributed by atoms with E-state index in [1.807, 2.05) is 6.08 Å². The SMILES string of the molecule is C=Cc1ccc(CCCCN2CCN(C[C@@H]3Cc4ccccc4N3)CC2)cc1. The van der Waals surface area contributed by atoms with E-state index in [1.165, 1.54) is 87.3 Å². The second-order valence-corrected chi connectivity index (χ2v) is 8.25. The summed E-state index contributed by atoms with van der Waals surface area (Å²) in [5.74, 6) is 0. The molecule has 3 heteroatoms. The maximum absolute atomic E-state index is 3.82. The molecule has 2 aliphatic rings. The Morgan fingerprint density at radius 1 is 0.929 bits per heavy atom. The van der Waals surface area contributed by atoms with Crippen LogP contribution in [0.2, 0.25) is 0 Å². The van der Waals surface area contributed by atoms with Crippen molar-refractivity contribution >= 4 is 11.8 Å². The van der Waals surface area contributed by atoms with Gasteiger partial charge in [0, 0.05) is 44.5 Å². The fraction of sp³-hybridized carbons (Fsp3) is 0.440. The summed E-state index contributed by atoms with van der Waals surface area (Å²) in [4.78, 5) is 5.29. The van der Waals surface area contributed by atoms with Crippen molar-refractivity contribution in [3.63, 3.8) is 0 Å². The minimum absolute atomic E-state index is 0.580. The Hall–Kier alpha value is -2.10. The summed E-state index contributed by atoms with van der Waals surface area (Å²) in [6.45, 7) is 11.1. The molecule has 0 aliphatic carbocycles. The van der Waals surface area contributed by atoms with Crippen molar-refractivity contribution in [3.05, 3.63) is 71.8 Å². The zero-order valence-electron chi connectivity index (χ0n) is 16.9. The predicted octanol–water partition coefficient (Wildman–Crippen LogP) is 4.31. The van der Waals surface area contributed by atoms with Crippen molar-refractivity contribution in [3.8, 4) is 0 Å². The number of unbranched alkanes of at least 4 members (excludes halogenated alkanes) is 1. The summed E-state index contributed by atoms with van der Waals surface area (Å²) >= 11 is 0. The molecule has 0 saturated carbocycles. The van der Waals surface area contributed by atoms with Crippen molar-refractivity contribution in [2.45, 2.75) is 31.7 Å². The van der Waals surface area contributed by atoms with Gasteiger partial charge in [-0.2, -0.15) is 0 Å². The van der Waals surface area contributed by atoms with Gasteiger partial charge in [-0.3, -0.25) is 4.90 Å². The van der Waals surface area contributed by atoms with Crippen LogP contribution >= 0.6 is 0 Å². The first kappa shape index (κ1) is 19.2. The quantitative estimate of drug-likeness (QED) is 0.694. The lowest BCUT2D eigenvalue weighted by atomic mass is 10.1. The van der Waals surface area contributed by atoms with Gasteiger partial charge in [-0.25, -0.2) is 0 Å². The number of hydrogen-bond donors (Lipinski definition) is 1. The Morgan fingerprint density at radius 2 is 1.68 bits per heavy atom. The van der Waals surface area contributed by atoms with Crippen molar-refractivity contribution in [1.29, 1.82) is 0 Å². The highest BCUT2D eigenvalue weighted by atomic mass is 15.3. The van der Waals surface area contributed by atoms with Gasteiger partial charge < -0.3 is 10.2 Å². The maximum atomic E-state index is 3.82. The van der Waals surface area contributed by atoms with Crippen LogP contribution in [0.15, 0.2) is 55.1 Å². The molecule has 0 unspecified atom stereocenters. The highest BCUT2D eigenvalue weighted by molar-refractivity contribution is 5.56. The Labute approximate surface area is 170 Å². The molecule has 1 fully saturated rings. The Bertz CT molecular complexity index is 735. The van der Waals surface area contributed by atoms with Crippen molar-refractivity contribution in [1.82, 2.24) is 9.80 Å². The number of hydrogen-bond acceptors (Lipinski definition) is 3. The van der Waals surface area contributed by atoms with Gasteiger partial charge in [0.05, 0.1) is 0 Å². The summed E-state index contributed by atoms with van der Waals surface area (Å²) in [5, 5.41) is 3.70. The molecular weight excluding hydrogens is 342 g/mol. The second kappa shape index (κ2) is 9.40. The van der Waals surface area contributed by atoms with Crippen LogP contribution in [0.1, 0.15) is 29.5 Å². The Balaban J connectivity index is 1.11. The van der Waals surface area contributed by atoms with E-state index in [2.05, 4.69) is 70.2 Å². The van der Waals surface area contributed by atoms with Crippen LogP contribution in [-0.4, -0.2) is 55.1 Å². The van der Waals surface area contributed by atoms with E-state index in [0.29, 0.717) is 6.04 Å². The molecule has 0 radical (unpaired) electrons. The lowest BCUT2D eigenvalue weighted by Gasteiger charge is -2.36. The van der Waals surface area contributed by atoms with E-state index >= 15 is 0 Å². The van der Waals surface area contributed by atoms with Crippen molar-refractivity contribution in [2.75, 3.05) is 44.6 Å². The van der Waals surface area contributed by atoms with E-state index in [4.69, 9.17) is 0 Å². The second-order valence-electron chi connectivity index (χ2n) is 8.25. The highest BCUT2D eigenvalue weighted by Crippen LogP contribution is 2.25. The smallest absolute Gasteiger partial charge is 0.0429 e. The molecule has 3 nitrogen and oxygen atoms in total. The van der Waals surface area contributed by atoms with Crippen LogP contribution in [0.5, 0.6) is 0 Å². The Morgan fingerprint density at radius 3 is 2.43 bits per heavy atom. The van der Waals surface area contributed by atoms with E-state index in [1.54, 1.807) is 0 Å². The molecule has 0 spiro atoms. The van der Waals surface area contributed by atoms with Crippen LogP contribution in [-0.2, 0) is 12.8 Å². The average Bonchev–Trinajstić information content (AvgIpc) is 3.15. The molecule has 1 saturated heterocycles. The molecule has 2 aromatic rings. The molecular formula is C25H33N3. The number of aryl methyl sites for hydroxylation is 1. The Kier molecular flexibility index (Phi) is 6.45. The fourth-order valence-corrected chi connectivity index (χ4v) is 4.48. The monoisotopic (exact) mass is 375 g/mol. The van der Waals surface area contributed by atoms with Gasteiger partial charge in [0.1, 0.15) is 0 Å². The van der Waals surface area contributed by atoms with E-state index in [0.717, 1.165) is 0 Å². The largest absolute Gasteiger partial charge is 0.380 e. The zero-order chi connectivity index (χ0) is 19.2. The summed E-state index contributed by atoms with van der Waals surface area (Å²) in [6.07, 6.45) is 6.83. The third kappa shape index (κ3) is 5.03. The third-order valence-electron chi connectivity index (χ3n) is 6.19. The molecule has 2 aromatic carbocycles. The van der Waals surface area contributed by atoms with Gasteiger partial charge in [-0.15, -0.1) is 0 Å². The standard InChI is InChI=1S/C25H33N3/c1-2-21-10-12-22(13-11-21)7-5-6-14-27-15-17-28(18-16-27)20-24-19-23-8-3-4-9-25(23)26-24/h2-4,8-13,24,26H,1,5-7,14-20H2/t24-/m0/s1. The van der Waals surface area contributed by atoms with Crippen LogP contribution in [0, 0.1) is 0 Å².